The molecule has 0 fully saturated rings. The topological polar surface area (TPSA) is 46.3 Å². The molecule has 0 aliphatic heterocycles. The Labute approximate surface area is 101 Å². The smallest absolute Gasteiger partial charge is 0.255 e. The molecule has 1 aromatic carbocycles. The molecule has 0 unspecified atom stereocenters. The molecule has 2 N–H and O–H groups in total. The first-order valence-electron chi connectivity index (χ1n) is 5.83. The molecule has 0 spiro atoms. The predicted octanol–water partition coefficient (Wildman–Crippen LogP) is 2.67. The van der Waals surface area contributed by atoms with Crippen molar-refractivity contribution in [3.63, 3.8) is 0 Å². The van der Waals surface area contributed by atoms with E-state index in [0.717, 1.165) is 12.8 Å². The van der Waals surface area contributed by atoms with E-state index in [4.69, 9.17) is 5.73 Å². The first-order chi connectivity index (χ1) is 8.01. The van der Waals surface area contributed by atoms with Gasteiger partial charge in [-0.15, -0.1) is 0 Å². The minimum atomic E-state index is -0.427. The van der Waals surface area contributed by atoms with Crippen LogP contribution in [-0.2, 0) is 0 Å². The highest BCUT2D eigenvalue weighted by Gasteiger charge is 2.20. The van der Waals surface area contributed by atoms with Gasteiger partial charge in [0.1, 0.15) is 5.82 Å². The third kappa shape index (κ3) is 2.96. The third-order valence-electron chi connectivity index (χ3n) is 3.05. The van der Waals surface area contributed by atoms with Crippen LogP contribution in [0, 0.1) is 5.82 Å². The molecule has 4 heteroatoms. The van der Waals surface area contributed by atoms with Crippen molar-refractivity contribution in [1.82, 2.24) is 4.90 Å². The first-order valence-corrected chi connectivity index (χ1v) is 5.83. The van der Waals surface area contributed by atoms with E-state index in [-0.39, 0.29) is 17.6 Å². The van der Waals surface area contributed by atoms with Crippen LogP contribution in [0.5, 0.6) is 0 Å². The molecule has 3 nitrogen and oxygen atoms in total. The van der Waals surface area contributed by atoms with Gasteiger partial charge in [-0.1, -0.05) is 13.8 Å². The monoisotopic (exact) mass is 238 g/mol. The summed E-state index contributed by atoms with van der Waals surface area (Å²) in [5.41, 5.74) is 6.21. The Bertz CT molecular complexity index is 402. The molecule has 0 radical (unpaired) electrons. The van der Waals surface area contributed by atoms with E-state index >= 15 is 0 Å². The number of hydrogen-bond donors (Lipinski definition) is 1. The maximum Gasteiger partial charge on any atom is 0.255 e. The fraction of sp³-hybridized carbons (Fsp3) is 0.462. The van der Waals surface area contributed by atoms with Crippen molar-refractivity contribution >= 4 is 11.6 Å². The van der Waals surface area contributed by atoms with Crippen molar-refractivity contribution in [1.29, 1.82) is 0 Å². The van der Waals surface area contributed by atoms with Gasteiger partial charge in [-0.25, -0.2) is 4.39 Å². The Morgan fingerprint density at radius 2 is 2.00 bits per heavy atom. The zero-order valence-electron chi connectivity index (χ0n) is 10.5. The second kappa shape index (κ2) is 5.66. The molecular weight excluding hydrogens is 219 g/mol. The lowest BCUT2D eigenvalue weighted by atomic mass is 10.1. The minimum Gasteiger partial charge on any atom is -0.398 e. The molecule has 0 atom stereocenters. The van der Waals surface area contributed by atoms with Gasteiger partial charge < -0.3 is 10.6 Å². The van der Waals surface area contributed by atoms with Crippen molar-refractivity contribution in [3.8, 4) is 0 Å². The number of carbonyl (C=O) groups is 1. The van der Waals surface area contributed by atoms with Crippen molar-refractivity contribution < 1.29 is 9.18 Å². The van der Waals surface area contributed by atoms with E-state index in [1.54, 1.807) is 11.9 Å². The van der Waals surface area contributed by atoms with Gasteiger partial charge in [-0.05, 0) is 31.0 Å². The number of halogens is 1. The molecule has 1 aromatic rings. The molecule has 0 heterocycles. The van der Waals surface area contributed by atoms with Crippen molar-refractivity contribution in [2.24, 2.45) is 0 Å². The van der Waals surface area contributed by atoms with Gasteiger partial charge in [0.25, 0.3) is 5.91 Å². The van der Waals surface area contributed by atoms with Crippen LogP contribution in [0.15, 0.2) is 18.2 Å². The molecule has 0 aliphatic carbocycles. The normalized spacial score (nSPS) is 10.6. The van der Waals surface area contributed by atoms with Crippen LogP contribution in [0.25, 0.3) is 0 Å². The quantitative estimate of drug-likeness (QED) is 0.820. The molecule has 0 aliphatic rings. The number of benzene rings is 1. The molecule has 17 heavy (non-hydrogen) atoms. The Morgan fingerprint density at radius 3 is 2.47 bits per heavy atom. The Balaban J connectivity index is 2.96. The number of hydrogen-bond acceptors (Lipinski definition) is 2. The van der Waals surface area contributed by atoms with Gasteiger partial charge in [0, 0.05) is 18.8 Å². The summed E-state index contributed by atoms with van der Waals surface area (Å²) in [6.07, 6.45) is 1.78. The summed E-state index contributed by atoms with van der Waals surface area (Å²) in [7, 11) is 1.75. The number of rotatable bonds is 4. The van der Waals surface area contributed by atoms with E-state index in [2.05, 4.69) is 0 Å². The molecule has 0 saturated carbocycles. The fourth-order valence-corrected chi connectivity index (χ4v) is 1.92. The lowest BCUT2D eigenvalue weighted by Crippen LogP contribution is -2.36. The van der Waals surface area contributed by atoms with E-state index < -0.39 is 5.82 Å². The summed E-state index contributed by atoms with van der Waals surface area (Å²) < 4.78 is 12.9. The highest BCUT2D eigenvalue weighted by Crippen LogP contribution is 2.18. The van der Waals surface area contributed by atoms with Gasteiger partial charge in [0.15, 0.2) is 0 Å². The van der Waals surface area contributed by atoms with E-state index in [0.29, 0.717) is 5.56 Å². The zero-order valence-corrected chi connectivity index (χ0v) is 10.5. The first kappa shape index (κ1) is 13.5. The zero-order chi connectivity index (χ0) is 13.0. The second-order valence-electron chi connectivity index (χ2n) is 4.12. The summed E-state index contributed by atoms with van der Waals surface area (Å²) >= 11 is 0. The third-order valence-corrected chi connectivity index (χ3v) is 3.05. The Kier molecular flexibility index (Phi) is 4.49. The van der Waals surface area contributed by atoms with E-state index in [9.17, 15) is 9.18 Å². The van der Waals surface area contributed by atoms with Crippen LogP contribution < -0.4 is 5.73 Å². The number of amides is 1. The van der Waals surface area contributed by atoms with Gasteiger partial charge in [-0.2, -0.15) is 0 Å². The van der Waals surface area contributed by atoms with Gasteiger partial charge in [0.2, 0.25) is 0 Å². The highest BCUT2D eigenvalue weighted by atomic mass is 19.1. The SMILES string of the molecule is CCC(CC)N(C)C(=O)c1ccc(F)cc1N. The van der Waals surface area contributed by atoms with Gasteiger partial charge >= 0.3 is 0 Å². The molecule has 1 amide bonds. The molecule has 0 saturated heterocycles. The number of nitrogens with zero attached hydrogens (tertiary/aromatic N) is 1. The number of carbonyl (C=O) groups excluding carboxylic acids is 1. The molecular formula is C13H19FN2O. The Morgan fingerprint density at radius 1 is 1.41 bits per heavy atom. The standard InChI is InChI=1S/C13H19FN2O/c1-4-10(5-2)16(3)13(17)11-7-6-9(14)8-12(11)15/h6-8,10H,4-5,15H2,1-3H3. The van der Waals surface area contributed by atoms with E-state index in [1.165, 1.54) is 18.2 Å². The maximum atomic E-state index is 12.9. The highest BCUT2D eigenvalue weighted by molar-refractivity contribution is 5.99. The van der Waals surface area contributed by atoms with Crippen LogP contribution in [0.1, 0.15) is 37.0 Å². The van der Waals surface area contributed by atoms with Crippen molar-refractivity contribution in [3.05, 3.63) is 29.6 Å². The Hall–Kier alpha value is -1.58. The number of anilines is 1. The van der Waals surface area contributed by atoms with Crippen molar-refractivity contribution in [2.45, 2.75) is 32.7 Å². The molecule has 0 aromatic heterocycles. The van der Waals surface area contributed by atoms with Gasteiger partial charge in [0.05, 0.1) is 5.56 Å². The van der Waals surface area contributed by atoms with Crippen LogP contribution in [0.4, 0.5) is 10.1 Å². The van der Waals surface area contributed by atoms with Crippen molar-refractivity contribution in [2.75, 3.05) is 12.8 Å². The summed E-state index contributed by atoms with van der Waals surface area (Å²) in [6.45, 7) is 4.07. The molecule has 0 bridgehead atoms. The van der Waals surface area contributed by atoms with E-state index in [1.807, 2.05) is 13.8 Å². The largest absolute Gasteiger partial charge is 0.398 e. The summed E-state index contributed by atoms with van der Waals surface area (Å²) in [5.74, 6) is -0.583. The predicted molar refractivity (Wildman–Crippen MR) is 67.3 cm³/mol. The van der Waals surface area contributed by atoms with Crippen LogP contribution in [0.2, 0.25) is 0 Å². The van der Waals surface area contributed by atoms with Crippen LogP contribution in [-0.4, -0.2) is 23.9 Å². The minimum absolute atomic E-state index is 0.156. The number of nitrogen functional groups attached to an aromatic ring is 1. The second-order valence-corrected chi connectivity index (χ2v) is 4.12. The summed E-state index contributed by atoms with van der Waals surface area (Å²) in [4.78, 5) is 13.8. The van der Waals surface area contributed by atoms with Gasteiger partial charge in [-0.3, -0.25) is 4.79 Å². The number of nitrogens with two attached hydrogens (primary N) is 1. The molecule has 94 valence electrons. The average Bonchev–Trinajstić information content (AvgIpc) is 2.29. The van der Waals surface area contributed by atoms with Crippen LogP contribution in [0.3, 0.4) is 0 Å². The summed E-state index contributed by atoms with van der Waals surface area (Å²) in [6, 6.07) is 4.05. The lowest BCUT2D eigenvalue weighted by molar-refractivity contribution is 0.0724. The lowest BCUT2D eigenvalue weighted by Gasteiger charge is -2.26. The fourth-order valence-electron chi connectivity index (χ4n) is 1.92. The molecule has 1 rings (SSSR count). The summed E-state index contributed by atoms with van der Waals surface area (Å²) in [5, 5.41) is 0. The maximum absolute atomic E-state index is 12.9. The average molecular weight is 238 g/mol. The van der Waals surface area contributed by atoms with Crippen LogP contribution >= 0.6 is 0 Å².